The lowest BCUT2D eigenvalue weighted by Crippen LogP contribution is -2.08. The lowest BCUT2D eigenvalue weighted by molar-refractivity contribution is 0.613. The molecule has 1 unspecified atom stereocenters. The first kappa shape index (κ1) is 13.8. The number of halogens is 3. The molecule has 0 aromatic heterocycles. The molecule has 0 spiro atoms. The Kier molecular flexibility index (Phi) is 4.05. The summed E-state index contributed by atoms with van der Waals surface area (Å²) in [5.41, 5.74) is 1.65. The summed E-state index contributed by atoms with van der Waals surface area (Å²) in [6, 6.07) is 9.05. The van der Waals surface area contributed by atoms with Crippen LogP contribution in [0.1, 0.15) is 24.1 Å². The maximum absolute atomic E-state index is 13.6. The van der Waals surface area contributed by atoms with E-state index in [0.717, 1.165) is 5.56 Å². The van der Waals surface area contributed by atoms with Gasteiger partial charge in [0, 0.05) is 11.1 Å². The average molecular weight is 282 g/mol. The van der Waals surface area contributed by atoms with Crippen LogP contribution < -0.4 is 5.32 Å². The Balaban J connectivity index is 2.22. The molecule has 2 rings (SSSR count). The SMILES string of the molecule is Cc1ccc(C(C)Nc2cc(Cl)ccc2F)cc1F. The molecule has 4 heteroatoms. The van der Waals surface area contributed by atoms with Crippen LogP contribution in [0.4, 0.5) is 14.5 Å². The molecule has 0 heterocycles. The van der Waals surface area contributed by atoms with Crippen molar-refractivity contribution in [1.82, 2.24) is 0 Å². The van der Waals surface area contributed by atoms with Gasteiger partial charge >= 0.3 is 0 Å². The summed E-state index contributed by atoms with van der Waals surface area (Å²) in [5.74, 6) is -0.651. The number of hydrogen-bond donors (Lipinski definition) is 1. The van der Waals surface area contributed by atoms with Gasteiger partial charge in [-0.2, -0.15) is 0 Å². The van der Waals surface area contributed by atoms with Crippen LogP contribution in [-0.2, 0) is 0 Å². The van der Waals surface area contributed by atoms with Crippen LogP contribution in [-0.4, -0.2) is 0 Å². The molecule has 100 valence electrons. The average Bonchev–Trinajstić information content (AvgIpc) is 2.37. The van der Waals surface area contributed by atoms with Crippen molar-refractivity contribution in [2.45, 2.75) is 19.9 Å². The monoisotopic (exact) mass is 281 g/mol. The van der Waals surface area contributed by atoms with Crippen LogP contribution in [0.15, 0.2) is 36.4 Å². The number of hydrogen-bond acceptors (Lipinski definition) is 1. The molecule has 1 N–H and O–H groups in total. The van der Waals surface area contributed by atoms with Gasteiger partial charge in [0.05, 0.1) is 5.69 Å². The van der Waals surface area contributed by atoms with Gasteiger partial charge in [-0.15, -0.1) is 0 Å². The van der Waals surface area contributed by atoms with Gasteiger partial charge in [0.25, 0.3) is 0 Å². The zero-order valence-electron chi connectivity index (χ0n) is 10.7. The van der Waals surface area contributed by atoms with Crippen molar-refractivity contribution in [3.63, 3.8) is 0 Å². The lowest BCUT2D eigenvalue weighted by Gasteiger charge is -2.17. The Hall–Kier alpha value is -1.61. The summed E-state index contributed by atoms with van der Waals surface area (Å²) in [6.07, 6.45) is 0. The molecule has 0 fully saturated rings. The Labute approximate surface area is 116 Å². The molecule has 0 saturated heterocycles. The highest BCUT2D eigenvalue weighted by atomic mass is 35.5. The van der Waals surface area contributed by atoms with E-state index in [2.05, 4.69) is 5.32 Å². The second-order valence-corrected chi connectivity index (χ2v) is 4.94. The molecule has 0 aliphatic heterocycles. The first-order valence-electron chi connectivity index (χ1n) is 5.95. The van der Waals surface area contributed by atoms with E-state index in [0.29, 0.717) is 16.3 Å². The van der Waals surface area contributed by atoms with E-state index in [1.54, 1.807) is 13.0 Å². The second kappa shape index (κ2) is 5.57. The highest BCUT2D eigenvalue weighted by molar-refractivity contribution is 6.30. The summed E-state index contributed by atoms with van der Waals surface area (Å²) >= 11 is 5.83. The van der Waals surface area contributed by atoms with E-state index in [1.807, 2.05) is 13.0 Å². The fraction of sp³-hybridized carbons (Fsp3) is 0.200. The van der Waals surface area contributed by atoms with Crippen LogP contribution in [0.3, 0.4) is 0 Å². The molecule has 0 aliphatic rings. The third kappa shape index (κ3) is 3.24. The smallest absolute Gasteiger partial charge is 0.146 e. The van der Waals surface area contributed by atoms with Gasteiger partial charge in [0.15, 0.2) is 0 Å². The Bertz CT molecular complexity index is 599. The summed E-state index contributed by atoms with van der Waals surface area (Å²) in [5, 5.41) is 3.44. The maximum Gasteiger partial charge on any atom is 0.146 e. The maximum atomic E-state index is 13.6. The summed E-state index contributed by atoms with van der Waals surface area (Å²) in [4.78, 5) is 0. The lowest BCUT2D eigenvalue weighted by atomic mass is 10.1. The van der Waals surface area contributed by atoms with Crippen LogP contribution in [0.5, 0.6) is 0 Å². The van der Waals surface area contributed by atoms with Crippen LogP contribution in [0.2, 0.25) is 5.02 Å². The van der Waals surface area contributed by atoms with Gasteiger partial charge in [0.1, 0.15) is 11.6 Å². The van der Waals surface area contributed by atoms with Crippen molar-refractivity contribution < 1.29 is 8.78 Å². The van der Waals surface area contributed by atoms with Gasteiger partial charge in [-0.25, -0.2) is 8.78 Å². The Morgan fingerprint density at radius 2 is 1.79 bits per heavy atom. The number of nitrogens with one attached hydrogen (secondary N) is 1. The first-order valence-corrected chi connectivity index (χ1v) is 6.33. The molecule has 0 radical (unpaired) electrons. The molecule has 0 saturated carbocycles. The number of anilines is 1. The van der Waals surface area contributed by atoms with Crippen molar-refractivity contribution in [1.29, 1.82) is 0 Å². The molecule has 0 aliphatic carbocycles. The standard InChI is InChI=1S/C15H14ClF2N/c1-9-3-4-11(7-14(9)18)10(2)19-15-8-12(16)5-6-13(15)17/h3-8,10,19H,1-2H3. The van der Waals surface area contributed by atoms with Crippen molar-refractivity contribution in [3.8, 4) is 0 Å². The molecular weight excluding hydrogens is 268 g/mol. The van der Waals surface area contributed by atoms with E-state index in [1.165, 1.54) is 24.3 Å². The molecular formula is C15H14ClF2N. The summed E-state index contributed by atoms with van der Waals surface area (Å²) < 4.78 is 27.1. The van der Waals surface area contributed by atoms with Crippen LogP contribution in [0, 0.1) is 18.6 Å². The molecule has 0 amide bonds. The van der Waals surface area contributed by atoms with Crippen LogP contribution in [0.25, 0.3) is 0 Å². The predicted octanol–water partition coefficient (Wildman–Crippen LogP) is 5.10. The molecule has 2 aromatic rings. The number of aryl methyl sites for hydroxylation is 1. The van der Waals surface area contributed by atoms with E-state index < -0.39 is 0 Å². The van der Waals surface area contributed by atoms with E-state index >= 15 is 0 Å². The first-order chi connectivity index (χ1) is 8.97. The molecule has 1 atom stereocenters. The van der Waals surface area contributed by atoms with E-state index in [-0.39, 0.29) is 17.7 Å². The predicted molar refractivity (Wildman–Crippen MR) is 74.6 cm³/mol. The minimum absolute atomic E-state index is 0.219. The molecule has 0 bridgehead atoms. The van der Waals surface area contributed by atoms with Gasteiger partial charge < -0.3 is 5.32 Å². The molecule has 2 aromatic carbocycles. The van der Waals surface area contributed by atoms with E-state index in [9.17, 15) is 8.78 Å². The largest absolute Gasteiger partial charge is 0.376 e. The number of benzene rings is 2. The van der Waals surface area contributed by atoms with E-state index in [4.69, 9.17) is 11.6 Å². The summed E-state index contributed by atoms with van der Waals surface area (Å²) in [7, 11) is 0. The second-order valence-electron chi connectivity index (χ2n) is 4.50. The van der Waals surface area contributed by atoms with Crippen molar-refractivity contribution in [3.05, 3.63) is 64.2 Å². The van der Waals surface area contributed by atoms with Crippen molar-refractivity contribution >= 4 is 17.3 Å². The summed E-state index contributed by atoms with van der Waals surface area (Å²) in [6.45, 7) is 3.54. The third-order valence-electron chi connectivity index (χ3n) is 3.00. The Morgan fingerprint density at radius 3 is 2.47 bits per heavy atom. The Morgan fingerprint density at radius 1 is 1.05 bits per heavy atom. The zero-order chi connectivity index (χ0) is 14.0. The van der Waals surface area contributed by atoms with Gasteiger partial charge in [-0.1, -0.05) is 23.7 Å². The topological polar surface area (TPSA) is 12.0 Å². The van der Waals surface area contributed by atoms with Gasteiger partial charge in [-0.3, -0.25) is 0 Å². The van der Waals surface area contributed by atoms with Crippen LogP contribution >= 0.6 is 11.6 Å². The highest BCUT2D eigenvalue weighted by Crippen LogP contribution is 2.25. The highest BCUT2D eigenvalue weighted by Gasteiger charge is 2.10. The third-order valence-corrected chi connectivity index (χ3v) is 3.23. The normalized spacial score (nSPS) is 12.3. The van der Waals surface area contributed by atoms with Crippen molar-refractivity contribution in [2.75, 3.05) is 5.32 Å². The minimum atomic E-state index is -0.385. The van der Waals surface area contributed by atoms with Crippen molar-refractivity contribution in [2.24, 2.45) is 0 Å². The quantitative estimate of drug-likeness (QED) is 0.825. The fourth-order valence-corrected chi connectivity index (χ4v) is 1.98. The molecule has 19 heavy (non-hydrogen) atoms. The van der Waals surface area contributed by atoms with Gasteiger partial charge in [0.2, 0.25) is 0 Å². The number of rotatable bonds is 3. The zero-order valence-corrected chi connectivity index (χ0v) is 11.4. The molecule has 1 nitrogen and oxygen atoms in total. The fourth-order valence-electron chi connectivity index (χ4n) is 1.80. The minimum Gasteiger partial charge on any atom is -0.376 e. The van der Waals surface area contributed by atoms with Gasteiger partial charge in [-0.05, 0) is 49.2 Å².